The van der Waals surface area contributed by atoms with Gasteiger partial charge in [-0.2, -0.15) is 0 Å². The van der Waals surface area contributed by atoms with Crippen molar-refractivity contribution in [3.63, 3.8) is 0 Å². The summed E-state index contributed by atoms with van der Waals surface area (Å²) >= 11 is 0. The molecule has 0 aliphatic rings. The third kappa shape index (κ3) is 5.71. The van der Waals surface area contributed by atoms with Gasteiger partial charge in [-0.25, -0.2) is 4.39 Å². The fraction of sp³-hybridized carbons (Fsp3) is 0.250. The second-order valence-electron chi connectivity index (χ2n) is 4.69. The van der Waals surface area contributed by atoms with Crippen molar-refractivity contribution in [1.29, 1.82) is 0 Å². The third-order valence-corrected chi connectivity index (χ3v) is 3.01. The van der Waals surface area contributed by atoms with E-state index in [2.05, 4.69) is 15.6 Å². The number of hydrogen-bond acceptors (Lipinski definition) is 3. The van der Waals surface area contributed by atoms with Gasteiger partial charge >= 0.3 is 0 Å². The molecule has 21 heavy (non-hydrogen) atoms. The smallest absolute Gasteiger partial charge is 0.221 e. The molecule has 0 saturated carbocycles. The summed E-state index contributed by atoms with van der Waals surface area (Å²) in [5.74, 6) is -0.243. The minimum Gasteiger partial charge on any atom is -0.352 e. The van der Waals surface area contributed by atoms with E-state index in [4.69, 9.17) is 0 Å². The maximum absolute atomic E-state index is 12.7. The van der Waals surface area contributed by atoms with Crippen molar-refractivity contribution < 1.29 is 9.18 Å². The SMILES string of the molecule is O=C(CCNCc1ccc(F)cc1)NCc1ccncc1. The van der Waals surface area contributed by atoms with Gasteiger partial charge in [-0.3, -0.25) is 9.78 Å². The molecule has 2 rings (SSSR count). The zero-order valence-corrected chi connectivity index (χ0v) is 11.7. The molecule has 0 atom stereocenters. The Morgan fingerprint density at radius 2 is 1.67 bits per heavy atom. The first kappa shape index (κ1) is 15.1. The van der Waals surface area contributed by atoms with Gasteiger partial charge in [-0.1, -0.05) is 12.1 Å². The summed E-state index contributed by atoms with van der Waals surface area (Å²) in [7, 11) is 0. The minimum atomic E-state index is -0.241. The summed E-state index contributed by atoms with van der Waals surface area (Å²) in [6, 6.07) is 10.1. The number of amides is 1. The zero-order valence-electron chi connectivity index (χ0n) is 11.7. The first-order valence-electron chi connectivity index (χ1n) is 6.85. The van der Waals surface area contributed by atoms with E-state index < -0.39 is 0 Å². The molecular weight excluding hydrogens is 269 g/mol. The lowest BCUT2D eigenvalue weighted by Gasteiger charge is -2.07. The molecule has 5 heteroatoms. The summed E-state index contributed by atoms with van der Waals surface area (Å²) in [5, 5.41) is 6.01. The maximum Gasteiger partial charge on any atom is 0.221 e. The van der Waals surface area contributed by atoms with E-state index in [9.17, 15) is 9.18 Å². The maximum atomic E-state index is 12.7. The predicted molar refractivity (Wildman–Crippen MR) is 78.8 cm³/mol. The molecule has 1 aromatic heterocycles. The Balaban J connectivity index is 1.60. The van der Waals surface area contributed by atoms with Gasteiger partial charge < -0.3 is 10.6 Å². The highest BCUT2D eigenvalue weighted by Gasteiger charge is 2.01. The first-order valence-corrected chi connectivity index (χ1v) is 6.85. The summed E-state index contributed by atoms with van der Waals surface area (Å²) < 4.78 is 12.7. The number of rotatable bonds is 7. The summed E-state index contributed by atoms with van der Waals surface area (Å²) in [4.78, 5) is 15.6. The van der Waals surface area contributed by atoms with Crippen LogP contribution in [-0.4, -0.2) is 17.4 Å². The van der Waals surface area contributed by atoms with Crippen LogP contribution >= 0.6 is 0 Å². The van der Waals surface area contributed by atoms with Crippen LogP contribution in [0.2, 0.25) is 0 Å². The Morgan fingerprint density at radius 1 is 1.00 bits per heavy atom. The molecule has 2 aromatic rings. The van der Waals surface area contributed by atoms with E-state index in [1.165, 1.54) is 12.1 Å². The normalized spacial score (nSPS) is 10.3. The van der Waals surface area contributed by atoms with Crippen LogP contribution in [0, 0.1) is 5.82 Å². The average Bonchev–Trinajstić information content (AvgIpc) is 2.52. The van der Waals surface area contributed by atoms with Crippen molar-refractivity contribution in [2.75, 3.05) is 6.54 Å². The topological polar surface area (TPSA) is 54.0 Å². The van der Waals surface area contributed by atoms with Crippen LogP contribution < -0.4 is 10.6 Å². The van der Waals surface area contributed by atoms with Gasteiger partial charge in [-0.15, -0.1) is 0 Å². The largest absolute Gasteiger partial charge is 0.352 e. The molecule has 1 aromatic carbocycles. The van der Waals surface area contributed by atoms with E-state index >= 15 is 0 Å². The van der Waals surface area contributed by atoms with Gasteiger partial charge in [0.05, 0.1) is 0 Å². The van der Waals surface area contributed by atoms with Crippen molar-refractivity contribution in [3.05, 3.63) is 65.7 Å². The molecule has 0 unspecified atom stereocenters. The van der Waals surface area contributed by atoms with Gasteiger partial charge in [-0.05, 0) is 35.4 Å². The highest BCUT2D eigenvalue weighted by atomic mass is 19.1. The highest BCUT2D eigenvalue weighted by molar-refractivity contribution is 5.76. The van der Waals surface area contributed by atoms with Crippen molar-refractivity contribution >= 4 is 5.91 Å². The molecule has 0 saturated heterocycles. The Labute approximate surface area is 123 Å². The van der Waals surface area contributed by atoms with Gasteiger partial charge in [0.2, 0.25) is 5.91 Å². The fourth-order valence-electron chi connectivity index (χ4n) is 1.83. The summed E-state index contributed by atoms with van der Waals surface area (Å²) in [5.41, 5.74) is 2.02. The Hall–Kier alpha value is -2.27. The number of benzene rings is 1. The Morgan fingerprint density at radius 3 is 2.38 bits per heavy atom. The second kappa shape index (κ2) is 8.11. The highest BCUT2D eigenvalue weighted by Crippen LogP contribution is 2.02. The molecule has 0 fully saturated rings. The number of pyridine rings is 1. The number of nitrogens with zero attached hydrogens (tertiary/aromatic N) is 1. The van der Waals surface area contributed by atoms with Crippen LogP contribution in [0.4, 0.5) is 4.39 Å². The molecule has 0 spiro atoms. The minimum absolute atomic E-state index is 0.00146. The van der Waals surface area contributed by atoms with Crippen molar-refractivity contribution in [2.45, 2.75) is 19.5 Å². The second-order valence-corrected chi connectivity index (χ2v) is 4.69. The van der Waals surface area contributed by atoms with E-state index in [0.29, 0.717) is 26.1 Å². The van der Waals surface area contributed by atoms with Gasteiger partial charge in [0.1, 0.15) is 5.82 Å². The van der Waals surface area contributed by atoms with Gasteiger partial charge in [0.25, 0.3) is 0 Å². The molecule has 0 aliphatic heterocycles. The number of nitrogens with one attached hydrogen (secondary N) is 2. The van der Waals surface area contributed by atoms with E-state index in [0.717, 1.165) is 11.1 Å². The number of hydrogen-bond donors (Lipinski definition) is 2. The fourth-order valence-corrected chi connectivity index (χ4v) is 1.83. The first-order chi connectivity index (χ1) is 10.2. The van der Waals surface area contributed by atoms with Crippen LogP contribution in [-0.2, 0) is 17.9 Å². The molecule has 1 heterocycles. The summed E-state index contributed by atoms with van der Waals surface area (Å²) in [6.45, 7) is 1.72. The van der Waals surface area contributed by atoms with Crippen LogP contribution in [0.1, 0.15) is 17.5 Å². The van der Waals surface area contributed by atoms with E-state index in [1.54, 1.807) is 24.5 Å². The molecule has 0 aliphatic carbocycles. The van der Waals surface area contributed by atoms with E-state index in [-0.39, 0.29) is 11.7 Å². The molecule has 1 amide bonds. The van der Waals surface area contributed by atoms with Crippen molar-refractivity contribution in [2.24, 2.45) is 0 Å². The number of halogens is 1. The number of carbonyl (C=O) groups is 1. The van der Waals surface area contributed by atoms with Crippen molar-refractivity contribution in [1.82, 2.24) is 15.6 Å². The van der Waals surface area contributed by atoms with Crippen molar-refractivity contribution in [3.8, 4) is 0 Å². The monoisotopic (exact) mass is 287 g/mol. The van der Waals surface area contributed by atoms with E-state index in [1.807, 2.05) is 12.1 Å². The predicted octanol–water partition coefficient (Wildman–Crippen LogP) is 2.02. The summed E-state index contributed by atoms with van der Waals surface area (Å²) in [6.07, 6.45) is 3.81. The lowest BCUT2D eigenvalue weighted by Crippen LogP contribution is -2.27. The quantitative estimate of drug-likeness (QED) is 0.766. The van der Waals surface area contributed by atoms with Crippen LogP contribution in [0.25, 0.3) is 0 Å². The molecule has 0 radical (unpaired) electrons. The zero-order chi connectivity index (χ0) is 14.9. The molecule has 2 N–H and O–H groups in total. The molecular formula is C16H18FN3O. The van der Waals surface area contributed by atoms with Crippen LogP contribution in [0.15, 0.2) is 48.8 Å². The molecule has 4 nitrogen and oxygen atoms in total. The number of aromatic nitrogens is 1. The molecule has 110 valence electrons. The Kier molecular flexibility index (Phi) is 5.84. The van der Waals surface area contributed by atoms with Gasteiger partial charge in [0.15, 0.2) is 0 Å². The molecule has 0 bridgehead atoms. The van der Waals surface area contributed by atoms with Crippen LogP contribution in [0.3, 0.4) is 0 Å². The van der Waals surface area contributed by atoms with Crippen LogP contribution in [0.5, 0.6) is 0 Å². The standard InChI is InChI=1S/C16H18FN3O/c17-15-3-1-13(2-4-15)11-19-10-7-16(21)20-12-14-5-8-18-9-6-14/h1-6,8-9,19H,7,10-12H2,(H,20,21). The number of carbonyl (C=O) groups excluding carboxylic acids is 1. The van der Waals surface area contributed by atoms with Gasteiger partial charge in [0, 0.05) is 38.4 Å². The lowest BCUT2D eigenvalue weighted by molar-refractivity contribution is -0.121. The Bertz CT molecular complexity index is 557. The lowest BCUT2D eigenvalue weighted by atomic mass is 10.2. The third-order valence-electron chi connectivity index (χ3n) is 3.01. The average molecular weight is 287 g/mol.